The first-order chi connectivity index (χ1) is 18.9. The molecule has 0 spiro atoms. The molecule has 0 saturated carbocycles. The SMILES string of the molecule is CCCCCNC(=O)C(Cc1ccc(OC(COO)COO)cc1)NC(=O)C(CC(N)=O)NC(=O)OC(C)(C)C. The van der Waals surface area contributed by atoms with Gasteiger partial charge in [-0.15, -0.1) is 0 Å². The summed E-state index contributed by atoms with van der Waals surface area (Å²) < 4.78 is 10.7. The van der Waals surface area contributed by atoms with Crippen molar-refractivity contribution < 1.29 is 48.9 Å². The van der Waals surface area contributed by atoms with Crippen molar-refractivity contribution in [3.05, 3.63) is 29.8 Å². The summed E-state index contributed by atoms with van der Waals surface area (Å²) in [5, 5.41) is 25.0. The van der Waals surface area contributed by atoms with Crippen molar-refractivity contribution in [3.63, 3.8) is 0 Å². The number of hydrogen-bond acceptors (Lipinski definition) is 10. The summed E-state index contributed by atoms with van der Waals surface area (Å²) >= 11 is 0. The standard InChI is InChI=1S/C26H42N4O10/c1-5-6-7-12-28-23(32)20(13-17-8-10-18(11-9-17)39-19(15-37-35)16-38-36)29-24(33)21(14-22(27)31)30-25(34)40-26(2,3)4/h8-11,19-21,35-36H,5-7,12-16H2,1-4H3,(H2,27,31)(H,28,32)(H,29,33)(H,30,34). The van der Waals surface area contributed by atoms with Gasteiger partial charge in [0.25, 0.3) is 0 Å². The molecule has 14 heteroatoms. The minimum Gasteiger partial charge on any atom is -0.485 e. The lowest BCUT2D eigenvalue weighted by atomic mass is 10.0. The Hall–Kier alpha value is -3.46. The number of nitrogens with one attached hydrogen (secondary N) is 3. The van der Waals surface area contributed by atoms with Crippen molar-refractivity contribution in [1.82, 2.24) is 16.0 Å². The second-order valence-electron chi connectivity index (χ2n) is 10.1. The van der Waals surface area contributed by atoms with Gasteiger partial charge >= 0.3 is 6.09 Å². The Morgan fingerprint density at radius 1 is 0.925 bits per heavy atom. The normalized spacial score (nSPS) is 12.8. The summed E-state index contributed by atoms with van der Waals surface area (Å²) in [6, 6.07) is 4.10. The van der Waals surface area contributed by atoms with Gasteiger partial charge in [0.2, 0.25) is 17.7 Å². The lowest BCUT2D eigenvalue weighted by Crippen LogP contribution is -2.55. The van der Waals surface area contributed by atoms with E-state index in [1.165, 1.54) is 0 Å². The first-order valence-corrected chi connectivity index (χ1v) is 13.0. The number of carbonyl (C=O) groups excluding carboxylic acids is 4. The fraction of sp³-hybridized carbons (Fsp3) is 0.615. The lowest BCUT2D eigenvalue weighted by molar-refractivity contribution is -0.286. The Bertz CT molecular complexity index is 930. The van der Waals surface area contributed by atoms with Crippen molar-refractivity contribution >= 4 is 23.8 Å². The van der Waals surface area contributed by atoms with Gasteiger partial charge in [0, 0.05) is 13.0 Å². The molecule has 1 aromatic carbocycles. The average molecular weight is 571 g/mol. The molecule has 0 aromatic heterocycles. The number of carbonyl (C=O) groups is 4. The van der Waals surface area contributed by atoms with Gasteiger partial charge in [-0.05, 0) is 44.9 Å². The molecule has 1 aromatic rings. The quantitative estimate of drug-likeness (QED) is 0.0851. The molecule has 2 unspecified atom stereocenters. The lowest BCUT2D eigenvalue weighted by Gasteiger charge is -2.25. The molecule has 0 aliphatic heterocycles. The Balaban J connectivity index is 3.05. The Morgan fingerprint density at radius 2 is 1.55 bits per heavy atom. The molecular formula is C26H42N4O10. The summed E-state index contributed by atoms with van der Waals surface area (Å²) in [4.78, 5) is 58.1. The molecule has 226 valence electrons. The highest BCUT2D eigenvalue weighted by atomic mass is 17.1. The van der Waals surface area contributed by atoms with E-state index in [0.29, 0.717) is 17.9 Å². The molecule has 0 aliphatic carbocycles. The third-order valence-corrected chi connectivity index (χ3v) is 5.31. The van der Waals surface area contributed by atoms with Gasteiger partial charge in [-0.2, -0.15) is 0 Å². The molecule has 0 radical (unpaired) electrons. The van der Waals surface area contributed by atoms with Crippen molar-refractivity contribution in [2.24, 2.45) is 5.73 Å². The molecule has 1 rings (SSSR count). The highest BCUT2D eigenvalue weighted by molar-refractivity contribution is 5.94. The number of primary amides is 1. The fourth-order valence-corrected chi connectivity index (χ4v) is 3.47. The zero-order chi connectivity index (χ0) is 30.1. The van der Waals surface area contributed by atoms with Gasteiger partial charge in [-0.3, -0.25) is 24.9 Å². The largest absolute Gasteiger partial charge is 0.485 e. The van der Waals surface area contributed by atoms with Crippen LogP contribution in [0.2, 0.25) is 0 Å². The van der Waals surface area contributed by atoms with Crippen LogP contribution in [0.25, 0.3) is 0 Å². The van der Waals surface area contributed by atoms with Crippen LogP contribution in [0.5, 0.6) is 5.75 Å². The van der Waals surface area contributed by atoms with E-state index in [9.17, 15) is 19.2 Å². The molecular weight excluding hydrogens is 528 g/mol. The molecule has 2 atom stereocenters. The van der Waals surface area contributed by atoms with Gasteiger partial charge in [0.05, 0.1) is 6.42 Å². The number of hydrogen-bond donors (Lipinski definition) is 6. The van der Waals surface area contributed by atoms with Crippen LogP contribution in [0.4, 0.5) is 4.79 Å². The van der Waals surface area contributed by atoms with Crippen LogP contribution in [0.1, 0.15) is 58.9 Å². The number of unbranched alkanes of at least 4 members (excludes halogenated alkanes) is 2. The second-order valence-corrected chi connectivity index (χ2v) is 10.1. The van der Waals surface area contributed by atoms with E-state index in [4.69, 9.17) is 25.7 Å². The van der Waals surface area contributed by atoms with Gasteiger partial charge in [0.15, 0.2) is 6.10 Å². The van der Waals surface area contributed by atoms with Crippen molar-refractivity contribution in [2.45, 2.75) is 83.6 Å². The summed E-state index contributed by atoms with van der Waals surface area (Å²) in [6.45, 7) is 6.87. The Kier molecular flexibility index (Phi) is 15.6. The van der Waals surface area contributed by atoms with Crippen LogP contribution in [0.3, 0.4) is 0 Å². The molecule has 14 nitrogen and oxygen atoms in total. The smallest absolute Gasteiger partial charge is 0.408 e. The van der Waals surface area contributed by atoms with Crippen LogP contribution in [-0.4, -0.2) is 77.9 Å². The number of alkyl carbamates (subject to hydrolysis) is 1. The molecule has 0 bridgehead atoms. The van der Waals surface area contributed by atoms with Crippen LogP contribution >= 0.6 is 0 Å². The summed E-state index contributed by atoms with van der Waals surface area (Å²) in [7, 11) is 0. The third kappa shape index (κ3) is 14.6. The maximum Gasteiger partial charge on any atom is 0.408 e. The van der Waals surface area contributed by atoms with E-state index in [2.05, 4.69) is 25.7 Å². The summed E-state index contributed by atoms with van der Waals surface area (Å²) in [6.07, 6.45) is 0.509. The molecule has 0 fully saturated rings. The van der Waals surface area contributed by atoms with Crippen molar-refractivity contribution in [3.8, 4) is 5.75 Å². The molecule has 0 heterocycles. The van der Waals surface area contributed by atoms with E-state index < -0.39 is 54.0 Å². The van der Waals surface area contributed by atoms with Crippen LogP contribution < -0.4 is 26.4 Å². The van der Waals surface area contributed by atoms with Gasteiger partial charge in [-0.25, -0.2) is 14.6 Å². The second kappa shape index (κ2) is 18.0. The maximum atomic E-state index is 13.1. The van der Waals surface area contributed by atoms with Gasteiger partial charge < -0.3 is 31.2 Å². The minimum absolute atomic E-state index is 0.0737. The van der Waals surface area contributed by atoms with Gasteiger partial charge in [-0.1, -0.05) is 31.9 Å². The van der Waals surface area contributed by atoms with E-state index in [0.717, 1.165) is 19.3 Å². The number of amides is 4. The average Bonchev–Trinajstić information content (AvgIpc) is 2.85. The van der Waals surface area contributed by atoms with E-state index in [1.807, 2.05) is 6.92 Å². The van der Waals surface area contributed by atoms with Gasteiger partial charge in [0.1, 0.15) is 36.6 Å². The number of rotatable bonds is 18. The first-order valence-electron chi connectivity index (χ1n) is 13.0. The van der Waals surface area contributed by atoms with E-state index in [1.54, 1.807) is 45.0 Å². The zero-order valence-electron chi connectivity index (χ0n) is 23.4. The zero-order valence-corrected chi connectivity index (χ0v) is 23.4. The Labute approximate surface area is 233 Å². The predicted octanol–water partition coefficient (Wildman–Crippen LogP) is 1.52. The van der Waals surface area contributed by atoms with Crippen molar-refractivity contribution in [2.75, 3.05) is 19.8 Å². The van der Waals surface area contributed by atoms with Crippen molar-refractivity contribution in [1.29, 1.82) is 0 Å². The predicted molar refractivity (Wildman–Crippen MR) is 143 cm³/mol. The summed E-state index contributed by atoms with van der Waals surface area (Å²) in [5.74, 6) is -1.69. The van der Waals surface area contributed by atoms with Crippen LogP contribution in [0.15, 0.2) is 24.3 Å². The molecule has 0 aliphatic rings. The van der Waals surface area contributed by atoms with E-state index >= 15 is 0 Å². The number of nitrogens with two attached hydrogens (primary N) is 1. The topological polar surface area (TPSA) is 208 Å². The third-order valence-electron chi connectivity index (χ3n) is 5.31. The number of benzene rings is 1. The maximum absolute atomic E-state index is 13.1. The van der Waals surface area contributed by atoms with Crippen LogP contribution in [-0.2, 0) is 35.3 Å². The molecule has 4 amide bonds. The van der Waals surface area contributed by atoms with E-state index in [-0.39, 0.29) is 19.6 Å². The first kappa shape index (κ1) is 34.6. The summed E-state index contributed by atoms with van der Waals surface area (Å²) in [5.41, 5.74) is 5.09. The van der Waals surface area contributed by atoms with Crippen LogP contribution in [0, 0.1) is 0 Å². The molecule has 0 saturated heterocycles. The molecule has 7 N–H and O–H groups in total. The Morgan fingerprint density at radius 3 is 2.08 bits per heavy atom. The highest BCUT2D eigenvalue weighted by Crippen LogP contribution is 2.16. The monoisotopic (exact) mass is 570 g/mol. The highest BCUT2D eigenvalue weighted by Gasteiger charge is 2.29. The minimum atomic E-state index is -1.36. The molecule has 40 heavy (non-hydrogen) atoms. The fourth-order valence-electron chi connectivity index (χ4n) is 3.47. The number of ether oxygens (including phenoxy) is 2.